The summed E-state index contributed by atoms with van der Waals surface area (Å²) < 4.78 is 11.2. The van der Waals surface area contributed by atoms with Crippen molar-refractivity contribution in [2.75, 3.05) is 26.2 Å². The molecule has 5 heteroatoms. The third kappa shape index (κ3) is 5.64. The zero-order chi connectivity index (χ0) is 17.1. The second-order valence-corrected chi connectivity index (χ2v) is 8.61. The Balaban J connectivity index is 1.78. The molecule has 2 atom stereocenters. The number of ether oxygens (including phenoxy) is 2. The van der Waals surface area contributed by atoms with E-state index in [1.165, 1.54) is 12.8 Å². The van der Waals surface area contributed by atoms with Gasteiger partial charge >= 0.3 is 6.09 Å². The molecule has 0 aliphatic carbocycles. The summed E-state index contributed by atoms with van der Waals surface area (Å²) in [5.74, 6) is 0. The number of nitrogens with zero attached hydrogens (tertiary/aromatic N) is 1. The Hall–Kier alpha value is -0.810. The number of carbonyl (C=O) groups is 1. The van der Waals surface area contributed by atoms with Crippen molar-refractivity contribution in [1.29, 1.82) is 0 Å². The number of likely N-dealkylation sites (tertiary alicyclic amines) is 1. The van der Waals surface area contributed by atoms with E-state index in [-0.39, 0.29) is 11.5 Å². The average Bonchev–Trinajstić information content (AvgIpc) is 2.91. The van der Waals surface area contributed by atoms with Crippen molar-refractivity contribution in [1.82, 2.24) is 10.2 Å². The van der Waals surface area contributed by atoms with Crippen molar-refractivity contribution in [2.24, 2.45) is 5.41 Å². The van der Waals surface area contributed by atoms with Crippen molar-refractivity contribution in [3.8, 4) is 0 Å². The van der Waals surface area contributed by atoms with Gasteiger partial charge in [-0.25, -0.2) is 4.79 Å². The van der Waals surface area contributed by atoms with Gasteiger partial charge in [0.2, 0.25) is 0 Å². The third-order valence-corrected chi connectivity index (χ3v) is 4.76. The first-order valence-corrected chi connectivity index (χ1v) is 9.00. The lowest BCUT2D eigenvalue weighted by Crippen LogP contribution is -2.56. The lowest BCUT2D eigenvalue weighted by molar-refractivity contribution is 0.00189. The van der Waals surface area contributed by atoms with E-state index in [0.717, 1.165) is 39.1 Å². The molecule has 23 heavy (non-hydrogen) atoms. The fraction of sp³-hybridized carbons (Fsp3) is 0.944. The number of amides is 1. The highest BCUT2D eigenvalue weighted by molar-refractivity contribution is 5.68. The Bertz CT molecular complexity index is 398. The summed E-state index contributed by atoms with van der Waals surface area (Å²) in [6, 6.07) is 0.433. The Labute approximate surface area is 141 Å². The number of piperidine rings is 1. The quantitative estimate of drug-likeness (QED) is 0.862. The van der Waals surface area contributed by atoms with E-state index in [1.54, 1.807) is 0 Å². The van der Waals surface area contributed by atoms with Gasteiger partial charge in [-0.05, 0) is 58.4 Å². The molecule has 0 bridgehead atoms. The maximum Gasteiger partial charge on any atom is 0.410 e. The Kier molecular flexibility index (Phi) is 5.95. The van der Waals surface area contributed by atoms with Crippen molar-refractivity contribution in [3.63, 3.8) is 0 Å². The fourth-order valence-corrected chi connectivity index (χ4v) is 3.51. The van der Waals surface area contributed by atoms with Crippen LogP contribution in [0.2, 0.25) is 0 Å². The van der Waals surface area contributed by atoms with Gasteiger partial charge in [0.15, 0.2) is 0 Å². The number of carbonyl (C=O) groups excluding carboxylic acids is 1. The largest absolute Gasteiger partial charge is 0.444 e. The van der Waals surface area contributed by atoms with Crippen LogP contribution < -0.4 is 5.32 Å². The van der Waals surface area contributed by atoms with Gasteiger partial charge in [0.05, 0.1) is 6.10 Å². The van der Waals surface area contributed by atoms with Crippen LogP contribution in [0.15, 0.2) is 0 Å². The summed E-state index contributed by atoms with van der Waals surface area (Å²) in [4.78, 5) is 14.1. The summed E-state index contributed by atoms with van der Waals surface area (Å²) in [5.41, 5.74) is -0.386. The van der Waals surface area contributed by atoms with Gasteiger partial charge in [0.1, 0.15) is 5.60 Å². The minimum Gasteiger partial charge on any atom is -0.444 e. The first-order chi connectivity index (χ1) is 10.7. The van der Waals surface area contributed by atoms with E-state index in [4.69, 9.17) is 9.47 Å². The number of hydrogen-bond acceptors (Lipinski definition) is 4. The molecule has 0 aromatic rings. The van der Waals surface area contributed by atoms with Crippen LogP contribution in [0.4, 0.5) is 4.79 Å². The van der Waals surface area contributed by atoms with E-state index < -0.39 is 5.60 Å². The Morgan fingerprint density at radius 3 is 2.65 bits per heavy atom. The topological polar surface area (TPSA) is 50.8 Å². The third-order valence-electron chi connectivity index (χ3n) is 4.76. The molecule has 1 amide bonds. The van der Waals surface area contributed by atoms with Gasteiger partial charge in [-0.1, -0.05) is 13.8 Å². The van der Waals surface area contributed by atoms with Gasteiger partial charge in [0.25, 0.3) is 0 Å². The molecule has 1 N–H and O–H groups in total. The highest BCUT2D eigenvalue weighted by Gasteiger charge is 2.38. The van der Waals surface area contributed by atoms with Crippen LogP contribution in [0.1, 0.15) is 60.3 Å². The average molecular weight is 326 g/mol. The highest BCUT2D eigenvalue weighted by atomic mass is 16.6. The summed E-state index contributed by atoms with van der Waals surface area (Å²) in [5, 5.41) is 3.69. The molecule has 0 spiro atoms. The first-order valence-electron chi connectivity index (χ1n) is 9.00. The maximum absolute atomic E-state index is 12.3. The molecule has 2 fully saturated rings. The van der Waals surface area contributed by atoms with Crippen molar-refractivity contribution >= 4 is 6.09 Å². The van der Waals surface area contributed by atoms with Crippen LogP contribution in [0.25, 0.3) is 0 Å². The fourth-order valence-electron chi connectivity index (χ4n) is 3.51. The lowest BCUT2D eigenvalue weighted by atomic mass is 9.79. The van der Waals surface area contributed by atoms with E-state index >= 15 is 0 Å². The molecular formula is C18H34N2O3. The lowest BCUT2D eigenvalue weighted by Gasteiger charge is -2.44. The van der Waals surface area contributed by atoms with Crippen LogP contribution >= 0.6 is 0 Å². The van der Waals surface area contributed by atoms with E-state index in [2.05, 4.69) is 19.2 Å². The summed E-state index contributed by atoms with van der Waals surface area (Å²) in [7, 11) is 0. The van der Waals surface area contributed by atoms with Crippen LogP contribution in [-0.2, 0) is 9.47 Å². The zero-order valence-electron chi connectivity index (χ0n) is 15.5. The van der Waals surface area contributed by atoms with Gasteiger partial charge in [-0.3, -0.25) is 0 Å². The first kappa shape index (κ1) is 18.5. The standard InChI is InChI=1S/C18H34N2O3/c1-17(2,3)23-16(21)20-11-9-15(18(4,5)13-20)19-10-8-14-7-6-12-22-14/h14-15,19H,6-13H2,1-5H3. The van der Waals surface area contributed by atoms with Gasteiger partial charge in [0, 0.05) is 25.7 Å². The molecule has 2 aliphatic heterocycles. The second-order valence-electron chi connectivity index (χ2n) is 8.61. The smallest absolute Gasteiger partial charge is 0.410 e. The molecule has 0 saturated carbocycles. The summed E-state index contributed by atoms with van der Waals surface area (Å²) in [6.07, 6.45) is 4.70. The molecule has 2 aliphatic rings. The molecule has 0 aromatic carbocycles. The minimum atomic E-state index is -0.433. The van der Waals surface area contributed by atoms with Crippen LogP contribution in [0.5, 0.6) is 0 Å². The Morgan fingerprint density at radius 1 is 1.35 bits per heavy atom. The molecule has 2 saturated heterocycles. The van der Waals surface area contributed by atoms with Crippen molar-refractivity contribution < 1.29 is 14.3 Å². The van der Waals surface area contributed by atoms with Gasteiger partial charge < -0.3 is 19.7 Å². The maximum atomic E-state index is 12.3. The summed E-state index contributed by atoms with van der Waals surface area (Å²) >= 11 is 0. The molecule has 5 nitrogen and oxygen atoms in total. The molecule has 134 valence electrons. The zero-order valence-corrected chi connectivity index (χ0v) is 15.5. The molecule has 2 rings (SSSR count). The number of nitrogens with one attached hydrogen (secondary N) is 1. The number of rotatable bonds is 4. The summed E-state index contributed by atoms with van der Waals surface area (Å²) in [6.45, 7) is 13.6. The van der Waals surface area contributed by atoms with Gasteiger partial charge in [-0.15, -0.1) is 0 Å². The molecule has 2 unspecified atom stereocenters. The van der Waals surface area contributed by atoms with E-state index in [1.807, 2.05) is 25.7 Å². The molecular weight excluding hydrogens is 292 g/mol. The predicted octanol–water partition coefficient (Wildman–Crippen LogP) is 3.18. The second kappa shape index (κ2) is 7.39. The SMILES string of the molecule is CC(C)(C)OC(=O)N1CCC(NCCC2CCCO2)C(C)(C)C1. The van der Waals surface area contributed by atoms with E-state index in [9.17, 15) is 4.79 Å². The monoisotopic (exact) mass is 326 g/mol. The van der Waals surface area contributed by atoms with Crippen LogP contribution in [0.3, 0.4) is 0 Å². The minimum absolute atomic E-state index is 0.0473. The van der Waals surface area contributed by atoms with Crippen molar-refractivity contribution in [2.45, 2.75) is 78.0 Å². The van der Waals surface area contributed by atoms with Crippen molar-refractivity contribution in [3.05, 3.63) is 0 Å². The van der Waals surface area contributed by atoms with Crippen LogP contribution in [0, 0.1) is 5.41 Å². The Morgan fingerprint density at radius 2 is 2.09 bits per heavy atom. The van der Waals surface area contributed by atoms with Gasteiger partial charge in [-0.2, -0.15) is 0 Å². The molecule has 2 heterocycles. The predicted molar refractivity (Wildman–Crippen MR) is 91.6 cm³/mol. The molecule has 0 radical (unpaired) electrons. The van der Waals surface area contributed by atoms with Crippen LogP contribution in [-0.4, -0.2) is 55.0 Å². The number of hydrogen-bond donors (Lipinski definition) is 1. The van der Waals surface area contributed by atoms with E-state index in [0.29, 0.717) is 12.1 Å². The highest BCUT2D eigenvalue weighted by Crippen LogP contribution is 2.30. The molecule has 0 aromatic heterocycles. The normalized spacial score (nSPS) is 28.0.